The number of halogens is 1. The number of methoxy groups -OCH3 is 1. The molecule has 0 fully saturated rings. The number of ether oxygens (including phenoxy) is 1. The van der Waals surface area contributed by atoms with Gasteiger partial charge in [0.15, 0.2) is 0 Å². The number of nitrogens with zero attached hydrogens (tertiary/aromatic N) is 1. The van der Waals surface area contributed by atoms with Gasteiger partial charge in [0.05, 0.1) is 24.4 Å². The van der Waals surface area contributed by atoms with Gasteiger partial charge in [-0.25, -0.2) is 0 Å². The lowest BCUT2D eigenvalue weighted by atomic mass is 10.0. The van der Waals surface area contributed by atoms with Crippen LogP contribution >= 0.6 is 11.6 Å². The van der Waals surface area contributed by atoms with E-state index in [0.29, 0.717) is 17.3 Å². The SMILES string of the molecule is COC(=O)[C@@H]1CN(CC(=O)Nc2ccccc2Cl)c2ccccc21. The molecule has 2 aromatic carbocycles. The van der Waals surface area contributed by atoms with Crippen LogP contribution in [0, 0.1) is 0 Å². The van der Waals surface area contributed by atoms with E-state index >= 15 is 0 Å². The summed E-state index contributed by atoms with van der Waals surface area (Å²) in [4.78, 5) is 26.2. The van der Waals surface area contributed by atoms with E-state index < -0.39 is 0 Å². The maximum absolute atomic E-state index is 12.3. The first-order valence-electron chi connectivity index (χ1n) is 7.56. The van der Waals surface area contributed by atoms with Crippen LogP contribution in [0.15, 0.2) is 48.5 Å². The molecule has 0 aliphatic carbocycles. The molecule has 0 aromatic heterocycles. The van der Waals surface area contributed by atoms with Gasteiger partial charge in [0.2, 0.25) is 5.91 Å². The number of esters is 1. The summed E-state index contributed by atoms with van der Waals surface area (Å²) in [5, 5.41) is 3.28. The fourth-order valence-electron chi connectivity index (χ4n) is 2.91. The Kier molecular flexibility index (Phi) is 4.71. The van der Waals surface area contributed by atoms with Gasteiger partial charge in [-0.15, -0.1) is 0 Å². The summed E-state index contributed by atoms with van der Waals surface area (Å²) < 4.78 is 4.87. The lowest BCUT2D eigenvalue weighted by Gasteiger charge is -2.19. The minimum Gasteiger partial charge on any atom is -0.468 e. The molecular formula is C18H17ClN2O3. The number of nitrogens with one attached hydrogen (secondary N) is 1. The van der Waals surface area contributed by atoms with Crippen molar-refractivity contribution in [3.8, 4) is 0 Å². The molecule has 1 aliphatic rings. The Morgan fingerprint density at radius 3 is 2.67 bits per heavy atom. The van der Waals surface area contributed by atoms with Gasteiger partial charge in [0.25, 0.3) is 0 Å². The molecule has 1 heterocycles. The van der Waals surface area contributed by atoms with Crippen molar-refractivity contribution >= 4 is 34.9 Å². The number of fused-ring (bicyclic) bond motifs is 1. The van der Waals surface area contributed by atoms with Crippen molar-refractivity contribution in [2.45, 2.75) is 5.92 Å². The van der Waals surface area contributed by atoms with Gasteiger partial charge in [-0.2, -0.15) is 0 Å². The third-order valence-corrected chi connectivity index (χ3v) is 4.35. The third kappa shape index (κ3) is 3.21. The fraction of sp³-hybridized carbons (Fsp3) is 0.222. The zero-order chi connectivity index (χ0) is 17.1. The van der Waals surface area contributed by atoms with Gasteiger partial charge in [-0.1, -0.05) is 41.9 Å². The number of hydrogen-bond acceptors (Lipinski definition) is 4. The summed E-state index contributed by atoms with van der Waals surface area (Å²) in [5.41, 5.74) is 2.33. The molecule has 0 bridgehead atoms. The van der Waals surface area contributed by atoms with E-state index in [0.717, 1.165) is 11.3 Å². The van der Waals surface area contributed by atoms with Crippen LogP contribution in [0.2, 0.25) is 5.02 Å². The monoisotopic (exact) mass is 344 g/mol. The van der Waals surface area contributed by atoms with Crippen molar-refractivity contribution in [1.29, 1.82) is 0 Å². The highest BCUT2D eigenvalue weighted by Gasteiger charge is 2.34. The van der Waals surface area contributed by atoms with Crippen LogP contribution in [0.4, 0.5) is 11.4 Å². The van der Waals surface area contributed by atoms with Crippen molar-refractivity contribution in [3.05, 3.63) is 59.1 Å². The van der Waals surface area contributed by atoms with Crippen LogP contribution in [-0.4, -0.2) is 32.1 Å². The highest BCUT2D eigenvalue weighted by atomic mass is 35.5. The van der Waals surface area contributed by atoms with Gasteiger partial charge in [-0.05, 0) is 23.8 Å². The maximum Gasteiger partial charge on any atom is 0.315 e. The number of carbonyl (C=O) groups excluding carboxylic acids is 2. The molecule has 0 radical (unpaired) electrons. The standard InChI is InChI=1S/C18H17ClN2O3/c1-24-18(23)13-10-21(16-9-5-2-6-12(13)16)11-17(22)20-15-8-4-3-7-14(15)19/h2-9,13H,10-11H2,1H3,(H,20,22)/t13-/m1/s1. The Bertz CT molecular complexity index is 778. The summed E-state index contributed by atoms with van der Waals surface area (Å²) in [6.45, 7) is 0.553. The predicted molar refractivity (Wildman–Crippen MR) is 93.5 cm³/mol. The van der Waals surface area contributed by atoms with E-state index in [-0.39, 0.29) is 24.3 Å². The molecule has 1 amide bonds. The molecule has 124 valence electrons. The summed E-state index contributed by atoms with van der Waals surface area (Å²) in [6, 6.07) is 14.6. The number of para-hydroxylation sites is 2. The van der Waals surface area contributed by atoms with E-state index in [4.69, 9.17) is 16.3 Å². The number of benzene rings is 2. The minimum atomic E-state index is -0.376. The second-order valence-corrected chi connectivity index (χ2v) is 5.95. The first-order chi connectivity index (χ1) is 11.6. The Hall–Kier alpha value is -2.53. The number of hydrogen-bond donors (Lipinski definition) is 1. The molecule has 1 N–H and O–H groups in total. The topological polar surface area (TPSA) is 58.6 Å². The molecular weight excluding hydrogens is 328 g/mol. The van der Waals surface area contributed by atoms with Gasteiger partial charge in [0.1, 0.15) is 5.92 Å². The molecule has 3 rings (SSSR count). The first kappa shape index (κ1) is 16.3. The van der Waals surface area contributed by atoms with E-state index in [2.05, 4.69) is 5.32 Å². The highest BCUT2D eigenvalue weighted by Crippen LogP contribution is 2.36. The Labute approximate surface area is 145 Å². The molecule has 24 heavy (non-hydrogen) atoms. The summed E-state index contributed by atoms with van der Waals surface area (Å²) in [6.07, 6.45) is 0. The van der Waals surface area contributed by atoms with Crippen LogP contribution in [0.25, 0.3) is 0 Å². The lowest BCUT2D eigenvalue weighted by molar-refractivity contribution is -0.142. The molecule has 6 heteroatoms. The summed E-state index contributed by atoms with van der Waals surface area (Å²) >= 11 is 6.06. The number of rotatable bonds is 4. The van der Waals surface area contributed by atoms with Crippen LogP contribution in [0.1, 0.15) is 11.5 Å². The van der Waals surface area contributed by atoms with Crippen LogP contribution in [-0.2, 0) is 14.3 Å². The van der Waals surface area contributed by atoms with E-state index in [9.17, 15) is 9.59 Å². The molecule has 0 saturated heterocycles. The molecule has 0 spiro atoms. The van der Waals surface area contributed by atoms with Gasteiger partial charge < -0.3 is 15.0 Å². The predicted octanol–water partition coefficient (Wildman–Crippen LogP) is 3.06. The van der Waals surface area contributed by atoms with Crippen LogP contribution in [0.3, 0.4) is 0 Å². The Morgan fingerprint density at radius 2 is 1.92 bits per heavy atom. The van der Waals surface area contributed by atoms with Gasteiger partial charge in [-0.3, -0.25) is 9.59 Å². The number of anilines is 2. The van der Waals surface area contributed by atoms with Crippen LogP contribution in [0.5, 0.6) is 0 Å². The average molecular weight is 345 g/mol. The largest absolute Gasteiger partial charge is 0.468 e. The van der Waals surface area contributed by atoms with Crippen LogP contribution < -0.4 is 10.2 Å². The van der Waals surface area contributed by atoms with Crippen molar-refractivity contribution in [2.24, 2.45) is 0 Å². The second kappa shape index (κ2) is 6.93. The normalized spacial score (nSPS) is 15.8. The molecule has 0 unspecified atom stereocenters. The first-order valence-corrected chi connectivity index (χ1v) is 7.94. The van der Waals surface area contributed by atoms with E-state index in [1.165, 1.54) is 7.11 Å². The molecule has 2 aromatic rings. The molecule has 1 atom stereocenters. The molecule has 0 saturated carbocycles. The van der Waals surface area contributed by atoms with Gasteiger partial charge >= 0.3 is 5.97 Å². The van der Waals surface area contributed by atoms with E-state index in [1.54, 1.807) is 24.3 Å². The molecule has 5 nitrogen and oxygen atoms in total. The molecule has 1 aliphatic heterocycles. The second-order valence-electron chi connectivity index (χ2n) is 5.54. The van der Waals surface area contributed by atoms with Crippen molar-refractivity contribution < 1.29 is 14.3 Å². The smallest absolute Gasteiger partial charge is 0.315 e. The third-order valence-electron chi connectivity index (χ3n) is 4.02. The Morgan fingerprint density at radius 1 is 1.21 bits per heavy atom. The zero-order valence-electron chi connectivity index (χ0n) is 13.2. The zero-order valence-corrected chi connectivity index (χ0v) is 13.9. The fourth-order valence-corrected chi connectivity index (χ4v) is 3.09. The van der Waals surface area contributed by atoms with Crippen molar-refractivity contribution in [2.75, 3.05) is 30.4 Å². The van der Waals surface area contributed by atoms with Gasteiger partial charge in [0, 0.05) is 12.2 Å². The maximum atomic E-state index is 12.3. The number of amides is 1. The highest BCUT2D eigenvalue weighted by molar-refractivity contribution is 6.33. The minimum absolute atomic E-state index is 0.135. The lowest BCUT2D eigenvalue weighted by Crippen LogP contribution is -2.33. The van der Waals surface area contributed by atoms with Crippen molar-refractivity contribution in [1.82, 2.24) is 0 Å². The summed E-state index contributed by atoms with van der Waals surface area (Å²) in [7, 11) is 1.37. The number of carbonyl (C=O) groups is 2. The van der Waals surface area contributed by atoms with E-state index in [1.807, 2.05) is 29.2 Å². The summed E-state index contributed by atoms with van der Waals surface area (Å²) in [5.74, 6) is -0.862. The Balaban J connectivity index is 1.75. The average Bonchev–Trinajstić information content (AvgIpc) is 2.95. The quantitative estimate of drug-likeness (QED) is 0.866. The van der Waals surface area contributed by atoms with Crippen molar-refractivity contribution in [3.63, 3.8) is 0 Å².